The monoisotopic (exact) mass is 573 g/mol. The maximum atomic E-state index is 15.1. The van der Waals surface area contributed by atoms with Crippen LogP contribution in [0.2, 0.25) is 0 Å². The van der Waals surface area contributed by atoms with Gasteiger partial charge in [0.25, 0.3) is 0 Å². The molecule has 9 nitrogen and oxygen atoms in total. The zero-order chi connectivity index (χ0) is 29.2. The number of amides is 1. The van der Waals surface area contributed by atoms with E-state index in [1.54, 1.807) is 4.90 Å². The number of likely N-dealkylation sites (tertiary alicyclic amines) is 1. The Labute approximate surface area is 243 Å². The van der Waals surface area contributed by atoms with Crippen LogP contribution >= 0.6 is 0 Å². The lowest BCUT2D eigenvalue weighted by molar-refractivity contribution is -0.139. The molecule has 3 aliphatic rings. The van der Waals surface area contributed by atoms with Crippen LogP contribution < -0.4 is 10.2 Å². The molecule has 0 aromatic carbocycles. The summed E-state index contributed by atoms with van der Waals surface area (Å²) in [6, 6.07) is 0. The average molecular weight is 574 g/mol. The van der Waals surface area contributed by atoms with Crippen LogP contribution in [-0.4, -0.2) is 90.1 Å². The number of halogens is 1. The number of anilines is 1. The number of allylic oxidation sites excluding steroid dienone is 3. The Morgan fingerprint density at radius 3 is 2.54 bits per heavy atom. The number of aromatic nitrogens is 2. The minimum Gasteiger partial charge on any atom is -0.494 e. The van der Waals surface area contributed by atoms with Crippen molar-refractivity contribution in [3.8, 4) is 0 Å². The first kappa shape index (κ1) is 31.4. The molecule has 3 heterocycles. The fraction of sp³-hybridized carbons (Fsp3) is 0.710. The van der Waals surface area contributed by atoms with Crippen LogP contribution in [0.5, 0.6) is 0 Å². The number of rotatable bonds is 15. The summed E-state index contributed by atoms with van der Waals surface area (Å²) in [5, 5.41) is 21.5. The first-order valence-electron chi connectivity index (χ1n) is 15.3. The third-order valence-corrected chi connectivity index (χ3v) is 8.86. The van der Waals surface area contributed by atoms with Gasteiger partial charge in [0.05, 0.1) is 6.61 Å². The molecule has 1 aromatic rings. The minimum atomic E-state index is -0.836. The van der Waals surface area contributed by atoms with Crippen molar-refractivity contribution in [3.63, 3.8) is 0 Å². The van der Waals surface area contributed by atoms with Gasteiger partial charge in [0.1, 0.15) is 11.6 Å². The van der Waals surface area contributed by atoms with Crippen molar-refractivity contribution in [3.05, 3.63) is 41.7 Å². The molecule has 2 aliphatic heterocycles. The number of hydrogen-bond donors (Lipinski definition) is 3. The molecule has 10 heteroatoms. The molecule has 4 rings (SSSR count). The Bertz CT molecular complexity index is 1030. The minimum absolute atomic E-state index is 0.0238. The predicted molar refractivity (Wildman–Crippen MR) is 157 cm³/mol. The average Bonchev–Trinajstić information content (AvgIpc) is 2.96. The molecule has 2 fully saturated rings. The Hall–Kier alpha value is -2.56. The second kappa shape index (κ2) is 15.1. The molecule has 2 saturated heterocycles. The van der Waals surface area contributed by atoms with Gasteiger partial charge in [-0.3, -0.25) is 4.79 Å². The Kier molecular flexibility index (Phi) is 11.5. The van der Waals surface area contributed by atoms with Gasteiger partial charge in [0.2, 0.25) is 11.9 Å². The molecule has 0 saturated carbocycles. The Morgan fingerprint density at radius 2 is 1.90 bits per heavy atom. The van der Waals surface area contributed by atoms with Gasteiger partial charge >= 0.3 is 0 Å². The number of carbonyl (C=O) groups is 1. The molecule has 1 aliphatic carbocycles. The van der Waals surface area contributed by atoms with Gasteiger partial charge in [-0.15, -0.1) is 0 Å². The smallest absolute Gasteiger partial charge is 0.225 e. The highest BCUT2D eigenvalue weighted by atomic mass is 19.1. The molecule has 0 radical (unpaired) electrons. The van der Waals surface area contributed by atoms with Crippen molar-refractivity contribution < 1.29 is 24.1 Å². The standard InChI is InChI=1S/C31H48FN5O4/c1-3-23-17-34-30(35-18-23)36-10-7-24(8-11-36)5-4-12-41-27-6-9-31(2,28(32)13-27)14-29(40)37-19-25(20-37)15-33-16-26(21-38)22-39/h6,13,17-18,24-26,33,38-39H,3-5,7-12,14-16,19-22H2,1-2H3. The quantitative estimate of drug-likeness (QED) is 0.274. The summed E-state index contributed by atoms with van der Waals surface area (Å²) < 4.78 is 21.0. The molecule has 0 spiro atoms. The number of aliphatic hydroxyl groups is 2. The molecular formula is C31H48FN5O4. The van der Waals surface area contributed by atoms with E-state index < -0.39 is 5.41 Å². The maximum absolute atomic E-state index is 15.1. The van der Waals surface area contributed by atoms with Crippen LogP contribution in [0, 0.1) is 23.2 Å². The third-order valence-electron chi connectivity index (χ3n) is 8.86. The van der Waals surface area contributed by atoms with Crippen molar-refractivity contribution in [2.75, 3.05) is 64.0 Å². The summed E-state index contributed by atoms with van der Waals surface area (Å²) >= 11 is 0. The van der Waals surface area contributed by atoms with E-state index >= 15 is 4.39 Å². The van der Waals surface area contributed by atoms with Gasteiger partial charge in [-0.2, -0.15) is 0 Å². The van der Waals surface area contributed by atoms with E-state index in [0.717, 1.165) is 63.3 Å². The van der Waals surface area contributed by atoms with Crippen molar-refractivity contribution >= 4 is 11.9 Å². The fourth-order valence-electron chi connectivity index (χ4n) is 5.74. The molecule has 3 N–H and O–H groups in total. The highest BCUT2D eigenvalue weighted by Gasteiger charge is 2.38. The number of hydrogen-bond acceptors (Lipinski definition) is 8. The lowest BCUT2D eigenvalue weighted by atomic mass is 9.78. The summed E-state index contributed by atoms with van der Waals surface area (Å²) in [5.41, 5.74) is 0.320. The largest absolute Gasteiger partial charge is 0.494 e. The molecule has 228 valence electrons. The Balaban J connectivity index is 1.09. The van der Waals surface area contributed by atoms with E-state index in [-0.39, 0.29) is 37.3 Å². The van der Waals surface area contributed by atoms with Gasteiger partial charge < -0.3 is 30.1 Å². The molecule has 1 atom stereocenters. The van der Waals surface area contributed by atoms with Crippen molar-refractivity contribution in [1.29, 1.82) is 0 Å². The van der Waals surface area contributed by atoms with E-state index in [9.17, 15) is 4.79 Å². The van der Waals surface area contributed by atoms with Crippen LogP contribution in [-0.2, 0) is 16.0 Å². The number of nitrogens with zero attached hydrogens (tertiary/aromatic N) is 4. The maximum Gasteiger partial charge on any atom is 0.225 e. The summed E-state index contributed by atoms with van der Waals surface area (Å²) in [6.45, 7) is 8.90. The van der Waals surface area contributed by atoms with Crippen LogP contribution in [0.3, 0.4) is 0 Å². The number of aliphatic hydroxyl groups excluding tert-OH is 2. The summed E-state index contributed by atoms with van der Waals surface area (Å²) in [7, 11) is 0. The second-order valence-electron chi connectivity index (χ2n) is 12.3. The van der Waals surface area contributed by atoms with Crippen LogP contribution in [0.25, 0.3) is 0 Å². The second-order valence-corrected chi connectivity index (χ2v) is 12.3. The fourth-order valence-corrected chi connectivity index (χ4v) is 5.74. The molecule has 41 heavy (non-hydrogen) atoms. The van der Waals surface area contributed by atoms with Gasteiger partial charge in [-0.1, -0.05) is 13.8 Å². The van der Waals surface area contributed by atoms with E-state index in [2.05, 4.69) is 27.1 Å². The molecule has 1 unspecified atom stereocenters. The molecular weight excluding hydrogens is 525 g/mol. The van der Waals surface area contributed by atoms with E-state index in [1.807, 2.05) is 25.4 Å². The Morgan fingerprint density at radius 1 is 1.20 bits per heavy atom. The van der Waals surface area contributed by atoms with E-state index in [0.29, 0.717) is 50.3 Å². The summed E-state index contributed by atoms with van der Waals surface area (Å²) in [5.74, 6) is 1.91. The third kappa shape index (κ3) is 8.72. The van der Waals surface area contributed by atoms with Crippen LogP contribution in [0.4, 0.5) is 10.3 Å². The number of nitrogens with one attached hydrogen (secondary N) is 1. The predicted octanol–water partition coefficient (Wildman–Crippen LogP) is 3.24. The number of aryl methyl sites for hydroxylation is 1. The van der Waals surface area contributed by atoms with Crippen LogP contribution in [0.1, 0.15) is 57.9 Å². The topological polar surface area (TPSA) is 111 Å². The van der Waals surface area contributed by atoms with Gasteiger partial charge in [-0.05, 0) is 56.1 Å². The van der Waals surface area contributed by atoms with Crippen molar-refractivity contribution in [2.45, 2.75) is 58.8 Å². The summed E-state index contributed by atoms with van der Waals surface area (Å²) in [6.07, 6.45) is 13.0. The van der Waals surface area contributed by atoms with Gasteiger partial charge in [0, 0.05) is 94.6 Å². The lowest BCUT2D eigenvalue weighted by Gasteiger charge is -2.41. The number of ether oxygens (including phenoxy) is 1. The first-order valence-corrected chi connectivity index (χ1v) is 15.3. The van der Waals surface area contributed by atoms with Crippen LogP contribution in [0.15, 0.2) is 36.1 Å². The van der Waals surface area contributed by atoms with Crippen molar-refractivity contribution in [1.82, 2.24) is 20.2 Å². The molecule has 1 amide bonds. The molecule has 0 bridgehead atoms. The number of piperidine rings is 1. The summed E-state index contributed by atoms with van der Waals surface area (Å²) in [4.78, 5) is 25.9. The molecule has 1 aromatic heterocycles. The zero-order valence-electron chi connectivity index (χ0n) is 24.7. The first-order chi connectivity index (χ1) is 19.8. The number of carbonyl (C=O) groups excluding carboxylic acids is 1. The van der Waals surface area contributed by atoms with Crippen molar-refractivity contribution in [2.24, 2.45) is 23.2 Å². The van der Waals surface area contributed by atoms with Gasteiger partial charge in [-0.25, -0.2) is 14.4 Å². The van der Waals surface area contributed by atoms with E-state index in [1.165, 1.54) is 6.08 Å². The van der Waals surface area contributed by atoms with Gasteiger partial charge in [0.15, 0.2) is 0 Å². The highest BCUT2D eigenvalue weighted by molar-refractivity contribution is 5.78. The zero-order valence-corrected chi connectivity index (χ0v) is 24.7. The normalized spacial score (nSPS) is 22.0. The SMILES string of the molecule is CCc1cnc(N2CCC(CCCOC3=CCC(C)(CC(=O)N4CC(CNCC(CO)CO)C4)C(F)=C3)CC2)nc1. The van der Waals surface area contributed by atoms with E-state index in [4.69, 9.17) is 14.9 Å². The highest BCUT2D eigenvalue weighted by Crippen LogP contribution is 2.41. The lowest BCUT2D eigenvalue weighted by Crippen LogP contribution is -2.54.